The number of aryl methyl sites for hydroxylation is 2. The Hall–Kier alpha value is -2.63. The van der Waals surface area contributed by atoms with E-state index in [1.165, 1.54) is 0 Å². The van der Waals surface area contributed by atoms with Gasteiger partial charge < -0.3 is 15.0 Å². The number of hydrogen-bond acceptors (Lipinski definition) is 4. The molecule has 0 bridgehead atoms. The predicted octanol–water partition coefficient (Wildman–Crippen LogP) is 4.72. The molecule has 5 nitrogen and oxygen atoms in total. The number of benzene rings is 2. The lowest BCUT2D eigenvalue weighted by Gasteiger charge is -2.27. The van der Waals surface area contributed by atoms with Crippen molar-refractivity contribution in [1.82, 2.24) is 9.88 Å². The quantitative estimate of drug-likeness (QED) is 0.697. The molecule has 1 aliphatic rings. The Bertz CT molecular complexity index is 1050. The molecule has 1 aliphatic heterocycles. The number of carbonyl (C=O) groups excluding carboxylic acids is 1. The maximum Gasteiger partial charge on any atom is 0.256 e. The van der Waals surface area contributed by atoms with E-state index in [0.717, 1.165) is 27.6 Å². The Morgan fingerprint density at radius 1 is 1.18 bits per heavy atom. The van der Waals surface area contributed by atoms with Crippen LogP contribution >= 0.6 is 11.6 Å². The van der Waals surface area contributed by atoms with Gasteiger partial charge >= 0.3 is 0 Å². The molecule has 4 rings (SSSR count). The van der Waals surface area contributed by atoms with Crippen molar-refractivity contribution in [1.29, 1.82) is 0 Å². The molecule has 0 radical (unpaired) electrons. The number of hydrogen-bond donors (Lipinski definition) is 1. The van der Waals surface area contributed by atoms with Gasteiger partial charge in [0.25, 0.3) is 5.91 Å². The van der Waals surface area contributed by atoms with Crippen LogP contribution in [0.5, 0.6) is 0 Å². The summed E-state index contributed by atoms with van der Waals surface area (Å²) in [5.74, 6) is 0.681. The summed E-state index contributed by atoms with van der Waals surface area (Å²) >= 11 is 6.35. The van der Waals surface area contributed by atoms with Gasteiger partial charge in [-0.05, 0) is 37.1 Å². The third kappa shape index (κ3) is 3.55. The van der Waals surface area contributed by atoms with E-state index in [4.69, 9.17) is 16.3 Å². The van der Waals surface area contributed by atoms with E-state index in [1.54, 1.807) is 6.20 Å². The van der Waals surface area contributed by atoms with E-state index in [-0.39, 0.29) is 5.91 Å². The van der Waals surface area contributed by atoms with Crippen LogP contribution in [-0.2, 0) is 4.74 Å². The Balaban J connectivity index is 1.79. The second kappa shape index (κ2) is 7.78. The molecule has 6 heteroatoms. The molecular weight excluding hydrogens is 374 g/mol. The molecule has 0 aliphatic carbocycles. The first-order valence-corrected chi connectivity index (χ1v) is 9.71. The van der Waals surface area contributed by atoms with Gasteiger partial charge in [0.15, 0.2) is 0 Å². The number of morpholine rings is 1. The molecule has 0 atom stereocenters. The molecule has 1 saturated heterocycles. The van der Waals surface area contributed by atoms with Crippen LogP contribution in [0.2, 0.25) is 5.02 Å². The van der Waals surface area contributed by atoms with Crippen LogP contribution in [0.3, 0.4) is 0 Å². The van der Waals surface area contributed by atoms with Crippen LogP contribution < -0.4 is 5.32 Å². The fourth-order valence-corrected chi connectivity index (χ4v) is 3.71. The summed E-state index contributed by atoms with van der Waals surface area (Å²) in [4.78, 5) is 19.5. The molecule has 2 aromatic carbocycles. The van der Waals surface area contributed by atoms with Crippen LogP contribution in [0.1, 0.15) is 21.5 Å². The minimum absolute atomic E-state index is 0.00441. The number of anilines is 2. The van der Waals surface area contributed by atoms with Gasteiger partial charge in [0.1, 0.15) is 5.82 Å². The number of carbonyl (C=O) groups is 1. The third-order valence-corrected chi connectivity index (χ3v) is 5.35. The number of amides is 1. The van der Waals surface area contributed by atoms with E-state index in [9.17, 15) is 4.79 Å². The summed E-state index contributed by atoms with van der Waals surface area (Å²) in [5.41, 5.74) is 3.56. The largest absolute Gasteiger partial charge is 0.378 e. The molecule has 1 N–H and O–H groups in total. The molecule has 144 valence electrons. The molecule has 2 heterocycles. The van der Waals surface area contributed by atoms with Gasteiger partial charge in [0, 0.05) is 30.1 Å². The Morgan fingerprint density at radius 3 is 2.75 bits per heavy atom. The Labute approximate surface area is 169 Å². The number of ether oxygens (including phenoxy) is 1. The van der Waals surface area contributed by atoms with Crippen molar-refractivity contribution in [2.45, 2.75) is 13.8 Å². The Kier molecular flexibility index (Phi) is 5.20. The molecule has 28 heavy (non-hydrogen) atoms. The predicted molar refractivity (Wildman–Crippen MR) is 113 cm³/mol. The third-order valence-electron chi connectivity index (χ3n) is 5.02. The first-order valence-electron chi connectivity index (χ1n) is 9.33. The second-order valence-corrected chi connectivity index (χ2v) is 7.44. The molecule has 3 aromatic rings. The molecule has 0 spiro atoms. The topological polar surface area (TPSA) is 54.5 Å². The first kappa shape index (κ1) is 18.7. The highest BCUT2D eigenvalue weighted by atomic mass is 35.5. The maximum absolute atomic E-state index is 13.1. The van der Waals surface area contributed by atoms with E-state index >= 15 is 0 Å². The van der Waals surface area contributed by atoms with Crippen molar-refractivity contribution in [2.24, 2.45) is 0 Å². The number of nitrogens with zero attached hydrogens (tertiary/aromatic N) is 2. The first-order chi connectivity index (χ1) is 13.5. The van der Waals surface area contributed by atoms with Gasteiger partial charge in [0.2, 0.25) is 0 Å². The van der Waals surface area contributed by atoms with E-state index in [0.29, 0.717) is 42.7 Å². The lowest BCUT2D eigenvalue weighted by Crippen LogP contribution is -2.40. The summed E-state index contributed by atoms with van der Waals surface area (Å²) in [6, 6.07) is 11.8. The summed E-state index contributed by atoms with van der Waals surface area (Å²) in [7, 11) is 0. The average molecular weight is 396 g/mol. The van der Waals surface area contributed by atoms with Crippen molar-refractivity contribution in [3.05, 3.63) is 64.3 Å². The van der Waals surface area contributed by atoms with Crippen LogP contribution in [-0.4, -0.2) is 42.1 Å². The SMILES string of the molecule is Cc1ccc(Cl)c(Nc2ncc(C(=O)N3CCOCC3)c3c(C)cccc23)c1. The number of aromatic nitrogens is 1. The van der Waals surface area contributed by atoms with E-state index in [1.807, 2.05) is 55.1 Å². The molecule has 1 aromatic heterocycles. The van der Waals surface area contributed by atoms with E-state index in [2.05, 4.69) is 10.3 Å². The molecule has 0 unspecified atom stereocenters. The number of nitrogens with one attached hydrogen (secondary N) is 1. The minimum Gasteiger partial charge on any atom is -0.378 e. The van der Waals surface area contributed by atoms with Gasteiger partial charge in [-0.3, -0.25) is 4.79 Å². The zero-order chi connectivity index (χ0) is 19.7. The monoisotopic (exact) mass is 395 g/mol. The fourth-order valence-electron chi connectivity index (χ4n) is 3.55. The second-order valence-electron chi connectivity index (χ2n) is 7.03. The zero-order valence-corrected chi connectivity index (χ0v) is 16.7. The van der Waals surface area contributed by atoms with Crippen molar-refractivity contribution in [3.8, 4) is 0 Å². The van der Waals surface area contributed by atoms with Crippen LogP contribution in [0.15, 0.2) is 42.6 Å². The highest BCUT2D eigenvalue weighted by Crippen LogP contribution is 2.32. The van der Waals surface area contributed by atoms with Gasteiger partial charge in [-0.25, -0.2) is 4.98 Å². The number of rotatable bonds is 3. The standard InChI is InChI=1S/C22H22ClN3O2/c1-14-6-7-18(23)19(12-14)25-21-16-5-3-4-15(2)20(16)17(13-24-21)22(27)26-8-10-28-11-9-26/h3-7,12-13H,8-11H2,1-2H3,(H,24,25). The van der Waals surface area contributed by atoms with Crippen LogP contribution in [0.4, 0.5) is 11.5 Å². The average Bonchev–Trinajstić information content (AvgIpc) is 2.71. The Morgan fingerprint density at radius 2 is 1.96 bits per heavy atom. The van der Waals surface area contributed by atoms with Gasteiger partial charge in [0.05, 0.1) is 29.5 Å². The molecular formula is C22H22ClN3O2. The lowest BCUT2D eigenvalue weighted by atomic mass is 10.0. The van der Waals surface area contributed by atoms with Gasteiger partial charge in [-0.1, -0.05) is 35.9 Å². The van der Waals surface area contributed by atoms with Crippen molar-refractivity contribution >= 4 is 39.8 Å². The smallest absolute Gasteiger partial charge is 0.256 e. The van der Waals surface area contributed by atoms with Crippen molar-refractivity contribution in [2.75, 3.05) is 31.6 Å². The number of fused-ring (bicyclic) bond motifs is 1. The van der Waals surface area contributed by atoms with Crippen LogP contribution in [0.25, 0.3) is 10.8 Å². The summed E-state index contributed by atoms with van der Waals surface area (Å²) in [6.07, 6.45) is 1.67. The van der Waals surface area contributed by atoms with Gasteiger partial charge in [-0.2, -0.15) is 0 Å². The van der Waals surface area contributed by atoms with E-state index < -0.39 is 0 Å². The minimum atomic E-state index is -0.00441. The molecule has 0 saturated carbocycles. The molecule has 1 fully saturated rings. The maximum atomic E-state index is 13.1. The van der Waals surface area contributed by atoms with Crippen molar-refractivity contribution < 1.29 is 9.53 Å². The highest BCUT2D eigenvalue weighted by molar-refractivity contribution is 6.33. The normalized spacial score (nSPS) is 14.3. The van der Waals surface area contributed by atoms with Crippen molar-refractivity contribution in [3.63, 3.8) is 0 Å². The fraction of sp³-hybridized carbons (Fsp3) is 0.273. The number of pyridine rings is 1. The molecule has 1 amide bonds. The van der Waals surface area contributed by atoms with Gasteiger partial charge in [-0.15, -0.1) is 0 Å². The summed E-state index contributed by atoms with van der Waals surface area (Å²) in [5, 5.41) is 5.78. The van der Waals surface area contributed by atoms with Crippen LogP contribution in [0, 0.1) is 13.8 Å². The lowest BCUT2D eigenvalue weighted by molar-refractivity contribution is 0.0304. The summed E-state index contributed by atoms with van der Waals surface area (Å²) in [6.45, 7) is 6.38. The highest BCUT2D eigenvalue weighted by Gasteiger charge is 2.22. The zero-order valence-electron chi connectivity index (χ0n) is 16.0. The number of halogens is 1. The summed E-state index contributed by atoms with van der Waals surface area (Å²) < 4.78 is 5.37.